The summed E-state index contributed by atoms with van der Waals surface area (Å²) in [6, 6.07) is 9.64. The van der Waals surface area contributed by atoms with E-state index in [4.69, 9.17) is 4.84 Å². The van der Waals surface area contributed by atoms with E-state index in [2.05, 4.69) is 10.5 Å². The van der Waals surface area contributed by atoms with Crippen LogP contribution in [0.2, 0.25) is 0 Å². The first kappa shape index (κ1) is 15.2. The van der Waals surface area contributed by atoms with Crippen molar-refractivity contribution in [1.29, 1.82) is 0 Å². The smallest absolute Gasteiger partial charge is 0.325 e. The summed E-state index contributed by atoms with van der Waals surface area (Å²) < 4.78 is 0. The van der Waals surface area contributed by atoms with Crippen LogP contribution in [0.5, 0.6) is 0 Å². The lowest BCUT2D eigenvalue weighted by Crippen LogP contribution is -2.65. The van der Waals surface area contributed by atoms with E-state index in [-0.39, 0.29) is 11.9 Å². The Morgan fingerprint density at radius 1 is 1.25 bits per heavy atom. The van der Waals surface area contributed by atoms with E-state index in [9.17, 15) is 9.59 Å². The van der Waals surface area contributed by atoms with Crippen LogP contribution in [0.25, 0.3) is 0 Å². The average Bonchev–Trinajstić information content (AvgIpc) is 3.09. The number of benzene rings is 1. The summed E-state index contributed by atoms with van der Waals surface area (Å²) in [4.78, 5) is 31.8. The highest BCUT2D eigenvalue weighted by atomic mass is 16.7. The zero-order valence-corrected chi connectivity index (χ0v) is 13.7. The Labute approximate surface area is 140 Å². The van der Waals surface area contributed by atoms with Crippen molar-refractivity contribution in [2.45, 2.75) is 50.2 Å². The first-order chi connectivity index (χ1) is 11.6. The van der Waals surface area contributed by atoms with Gasteiger partial charge in [0.1, 0.15) is 11.1 Å². The molecule has 2 aliphatic heterocycles. The van der Waals surface area contributed by atoms with Gasteiger partial charge in [0.2, 0.25) is 0 Å². The second-order valence-electron chi connectivity index (χ2n) is 7.03. The van der Waals surface area contributed by atoms with Crippen LogP contribution in [-0.2, 0) is 9.63 Å². The van der Waals surface area contributed by atoms with Gasteiger partial charge in [0.15, 0.2) is 0 Å². The van der Waals surface area contributed by atoms with Gasteiger partial charge in [0, 0.05) is 25.8 Å². The van der Waals surface area contributed by atoms with Gasteiger partial charge in [-0.2, -0.15) is 0 Å². The fourth-order valence-corrected chi connectivity index (χ4v) is 3.98. The molecule has 0 radical (unpaired) electrons. The highest BCUT2D eigenvalue weighted by Crippen LogP contribution is 2.51. The molecule has 1 saturated carbocycles. The molecule has 2 heterocycles. The lowest BCUT2D eigenvalue weighted by atomic mass is 9.62. The number of carbonyl (C=O) groups excluding carboxylic acids is 2. The first-order valence-corrected chi connectivity index (χ1v) is 8.52. The second kappa shape index (κ2) is 5.33. The molecule has 0 unspecified atom stereocenters. The van der Waals surface area contributed by atoms with Gasteiger partial charge in [0.05, 0.1) is 5.71 Å². The quantitative estimate of drug-likeness (QED) is 0.864. The third kappa shape index (κ3) is 2.20. The van der Waals surface area contributed by atoms with Gasteiger partial charge < -0.3 is 10.2 Å². The predicted octanol–water partition coefficient (Wildman–Crippen LogP) is 2.43. The van der Waals surface area contributed by atoms with E-state index in [1.165, 1.54) is 4.90 Å². The van der Waals surface area contributed by atoms with Crippen molar-refractivity contribution in [3.8, 4) is 0 Å². The topological polar surface area (TPSA) is 71.0 Å². The van der Waals surface area contributed by atoms with Gasteiger partial charge >= 0.3 is 6.03 Å². The Bertz CT molecular complexity index is 707. The SMILES string of the molecule is CCCCN1C(=O)NC2(CC3(CC(c4ccccc4)=NO3)C2)C1=O. The molecular formula is C18H21N3O3. The van der Waals surface area contributed by atoms with Crippen molar-refractivity contribution in [1.82, 2.24) is 10.2 Å². The molecule has 0 bridgehead atoms. The number of oxime groups is 1. The van der Waals surface area contributed by atoms with E-state index >= 15 is 0 Å². The number of hydrogen-bond donors (Lipinski definition) is 1. The normalized spacial score (nSPS) is 31.2. The maximum Gasteiger partial charge on any atom is 0.325 e. The third-order valence-corrected chi connectivity index (χ3v) is 5.18. The lowest BCUT2D eigenvalue weighted by Gasteiger charge is -2.48. The third-order valence-electron chi connectivity index (χ3n) is 5.18. The van der Waals surface area contributed by atoms with Gasteiger partial charge in [-0.15, -0.1) is 0 Å². The molecule has 4 rings (SSSR count). The van der Waals surface area contributed by atoms with Gasteiger partial charge in [-0.05, 0) is 12.0 Å². The molecule has 0 atom stereocenters. The maximum atomic E-state index is 12.7. The van der Waals surface area contributed by atoms with E-state index in [1.807, 2.05) is 37.3 Å². The fraction of sp³-hybridized carbons (Fsp3) is 0.500. The van der Waals surface area contributed by atoms with E-state index in [0.717, 1.165) is 24.1 Å². The lowest BCUT2D eigenvalue weighted by molar-refractivity contribution is -0.156. The largest absolute Gasteiger partial charge is 0.388 e. The number of carbonyl (C=O) groups is 2. The minimum absolute atomic E-state index is 0.108. The van der Waals surface area contributed by atoms with Crippen LogP contribution in [-0.4, -0.2) is 40.2 Å². The number of nitrogens with zero attached hydrogens (tertiary/aromatic N) is 2. The van der Waals surface area contributed by atoms with E-state index in [0.29, 0.717) is 25.8 Å². The van der Waals surface area contributed by atoms with Crippen LogP contribution in [0.3, 0.4) is 0 Å². The zero-order valence-electron chi connectivity index (χ0n) is 13.7. The monoisotopic (exact) mass is 327 g/mol. The Balaban J connectivity index is 1.44. The number of nitrogens with one attached hydrogen (secondary N) is 1. The molecule has 1 aromatic rings. The number of unbranched alkanes of at least 4 members (excludes halogenated alkanes) is 1. The molecule has 1 aliphatic carbocycles. The molecule has 0 aromatic heterocycles. The Kier molecular flexibility index (Phi) is 3.37. The summed E-state index contributed by atoms with van der Waals surface area (Å²) in [5.74, 6) is -0.108. The molecule has 2 fully saturated rings. The zero-order chi connectivity index (χ0) is 16.8. The summed E-state index contributed by atoms with van der Waals surface area (Å²) >= 11 is 0. The Morgan fingerprint density at radius 2 is 2.00 bits per heavy atom. The molecule has 24 heavy (non-hydrogen) atoms. The van der Waals surface area contributed by atoms with Gasteiger partial charge in [0.25, 0.3) is 5.91 Å². The number of imide groups is 1. The van der Waals surface area contributed by atoms with E-state index < -0.39 is 11.1 Å². The van der Waals surface area contributed by atoms with Gasteiger partial charge in [-0.3, -0.25) is 9.69 Å². The summed E-state index contributed by atoms with van der Waals surface area (Å²) in [7, 11) is 0. The van der Waals surface area contributed by atoms with E-state index in [1.54, 1.807) is 0 Å². The van der Waals surface area contributed by atoms with Crippen molar-refractivity contribution in [3.63, 3.8) is 0 Å². The Morgan fingerprint density at radius 3 is 2.71 bits per heavy atom. The molecule has 2 spiro atoms. The average molecular weight is 327 g/mol. The van der Waals surface area contributed by atoms with Crippen molar-refractivity contribution in [3.05, 3.63) is 35.9 Å². The highest BCUT2D eigenvalue weighted by molar-refractivity contribution is 6.08. The summed E-state index contributed by atoms with van der Waals surface area (Å²) in [5.41, 5.74) is 0.716. The fourth-order valence-electron chi connectivity index (χ4n) is 3.98. The highest BCUT2D eigenvalue weighted by Gasteiger charge is 2.67. The van der Waals surface area contributed by atoms with Crippen LogP contribution in [0.4, 0.5) is 4.79 Å². The second-order valence-corrected chi connectivity index (χ2v) is 7.03. The van der Waals surface area contributed by atoms with Crippen molar-refractivity contribution in [2.24, 2.45) is 5.16 Å². The predicted molar refractivity (Wildman–Crippen MR) is 88.5 cm³/mol. The molecule has 126 valence electrons. The number of rotatable bonds is 4. The molecular weight excluding hydrogens is 306 g/mol. The van der Waals surface area contributed by atoms with Crippen molar-refractivity contribution >= 4 is 17.6 Å². The molecule has 3 amide bonds. The van der Waals surface area contributed by atoms with Crippen LogP contribution in [0, 0.1) is 0 Å². The van der Waals surface area contributed by atoms with Crippen molar-refractivity contribution in [2.75, 3.05) is 6.54 Å². The summed E-state index contributed by atoms with van der Waals surface area (Å²) in [6.45, 7) is 2.53. The van der Waals surface area contributed by atoms with Crippen LogP contribution < -0.4 is 5.32 Å². The number of amides is 3. The van der Waals surface area contributed by atoms with Crippen LogP contribution in [0.1, 0.15) is 44.6 Å². The number of hydrogen-bond acceptors (Lipinski definition) is 4. The minimum atomic E-state index is -0.785. The Hall–Kier alpha value is -2.37. The molecule has 1 N–H and O–H groups in total. The molecule has 1 saturated heterocycles. The first-order valence-electron chi connectivity index (χ1n) is 8.52. The van der Waals surface area contributed by atoms with Gasteiger partial charge in [-0.25, -0.2) is 4.79 Å². The number of urea groups is 1. The van der Waals surface area contributed by atoms with Crippen LogP contribution in [0.15, 0.2) is 35.5 Å². The van der Waals surface area contributed by atoms with Crippen LogP contribution >= 0.6 is 0 Å². The van der Waals surface area contributed by atoms with Crippen molar-refractivity contribution < 1.29 is 14.4 Å². The molecule has 6 heteroatoms. The maximum absolute atomic E-state index is 12.7. The standard InChI is InChI=1S/C18H21N3O3/c1-2-3-9-21-15(22)18(19-16(21)23)11-17(12-18)10-14(20-24-17)13-7-5-4-6-8-13/h4-8H,2-3,9-12H2,1H3,(H,19,23). The van der Waals surface area contributed by atoms with Gasteiger partial charge in [-0.1, -0.05) is 48.8 Å². The minimum Gasteiger partial charge on any atom is -0.388 e. The summed E-state index contributed by atoms with van der Waals surface area (Å²) in [6.07, 6.45) is 3.44. The molecule has 1 aromatic carbocycles. The summed E-state index contributed by atoms with van der Waals surface area (Å²) in [5, 5.41) is 7.12. The molecule has 3 aliphatic rings. The molecule has 6 nitrogen and oxygen atoms in total.